The summed E-state index contributed by atoms with van der Waals surface area (Å²) in [4.78, 5) is 39.6. The van der Waals surface area contributed by atoms with E-state index >= 15 is 4.39 Å². The molecule has 4 atom stereocenters. The predicted octanol–water partition coefficient (Wildman–Crippen LogP) is 5.28. The van der Waals surface area contributed by atoms with Crippen molar-refractivity contribution in [3.05, 3.63) is 59.4 Å². The van der Waals surface area contributed by atoms with E-state index in [0.717, 1.165) is 24.8 Å². The van der Waals surface area contributed by atoms with E-state index < -0.39 is 29.5 Å². The highest BCUT2D eigenvalue weighted by Gasteiger charge is 2.52. The zero-order valence-electron chi connectivity index (χ0n) is 22.3. The number of hydrogen-bond donors (Lipinski definition) is 1. The lowest BCUT2D eigenvalue weighted by molar-refractivity contribution is -0.126. The second-order valence-corrected chi connectivity index (χ2v) is 11.2. The van der Waals surface area contributed by atoms with Crippen LogP contribution in [0.25, 0.3) is 11.1 Å². The van der Waals surface area contributed by atoms with Crippen LogP contribution in [0.15, 0.2) is 42.5 Å². The Hall–Kier alpha value is -3.73. The number of likely N-dealkylation sites (tertiary alicyclic amines) is 1. The third kappa shape index (κ3) is 5.88. The number of nitriles is 1. The number of nitrogens with zero attached hydrogens (tertiary/aromatic N) is 2. The van der Waals surface area contributed by atoms with Gasteiger partial charge >= 0.3 is 6.09 Å². The van der Waals surface area contributed by atoms with E-state index in [1.807, 2.05) is 0 Å². The summed E-state index contributed by atoms with van der Waals surface area (Å²) in [7, 11) is 1.56. The largest absolute Gasteiger partial charge is 0.444 e. The van der Waals surface area contributed by atoms with Crippen LogP contribution < -0.4 is 5.32 Å². The van der Waals surface area contributed by atoms with Crippen molar-refractivity contribution in [2.75, 3.05) is 7.05 Å². The van der Waals surface area contributed by atoms with Crippen molar-refractivity contribution < 1.29 is 23.5 Å². The van der Waals surface area contributed by atoms with Crippen LogP contribution in [-0.4, -0.2) is 47.4 Å². The molecule has 0 radical (unpaired) electrons. The Morgan fingerprint density at radius 1 is 1.13 bits per heavy atom. The van der Waals surface area contributed by atoms with Crippen LogP contribution in [-0.2, 0) is 16.0 Å². The molecule has 0 unspecified atom stereocenters. The van der Waals surface area contributed by atoms with Crippen LogP contribution in [0.3, 0.4) is 0 Å². The molecule has 0 aromatic heterocycles. The van der Waals surface area contributed by atoms with E-state index in [1.54, 1.807) is 69.1 Å². The maximum Gasteiger partial charge on any atom is 0.411 e. The van der Waals surface area contributed by atoms with Crippen molar-refractivity contribution in [2.24, 2.45) is 11.8 Å². The third-order valence-corrected chi connectivity index (χ3v) is 7.38. The van der Waals surface area contributed by atoms with Gasteiger partial charge in [0.2, 0.25) is 0 Å². The molecule has 1 saturated carbocycles. The first kappa shape index (κ1) is 27.3. The maximum atomic E-state index is 15.1. The molecule has 2 fully saturated rings. The summed E-state index contributed by atoms with van der Waals surface area (Å²) in [6.07, 6.45) is 2.05. The summed E-state index contributed by atoms with van der Waals surface area (Å²) in [6.45, 7) is 5.38. The van der Waals surface area contributed by atoms with Crippen molar-refractivity contribution in [1.29, 1.82) is 5.26 Å². The number of nitrogens with one attached hydrogen (secondary N) is 1. The highest BCUT2D eigenvalue weighted by Crippen LogP contribution is 2.44. The fraction of sp³-hybridized carbons (Fsp3) is 0.467. The Morgan fingerprint density at radius 2 is 1.82 bits per heavy atom. The Kier molecular flexibility index (Phi) is 7.86. The van der Waals surface area contributed by atoms with E-state index in [2.05, 4.69) is 11.4 Å². The van der Waals surface area contributed by atoms with Crippen molar-refractivity contribution in [3.63, 3.8) is 0 Å². The monoisotopic (exact) mass is 519 g/mol. The molecule has 2 aromatic carbocycles. The van der Waals surface area contributed by atoms with Gasteiger partial charge < -0.3 is 10.1 Å². The second-order valence-electron chi connectivity index (χ2n) is 11.2. The molecule has 2 aliphatic rings. The molecule has 1 saturated heterocycles. The van der Waals surface area contributed by atoms with Gasteiger partial charge in [0.1, 0.15) is 11.4 Å². The molecule has 4 rings (SSSR count). The van der Waals surface area contributed by atoms with E-state index in [4.69, 9.17) is 4.74 Å². The normalized spacial score (nSPS) is 21.1. The highest BCUT2D eigenvalue weighted by atomic mass is 19.1. The number of rotatable bonds is 7. The predicted molar refractivity (Wildman–Crippen MR) is 141 cm³/mol. The van der Waals surface area contributed by atoms with Crippen LogP contribution in [0.1, 0.15) is 62.4 Å². The van der Waals surface area contributed by atoms with Crippen LogP contribution >= 0.6 is 0 Å². The molecule has 7 nitrogen and oxygen atoms in total. The minimum Gasteiger partial charge on any atom is -0.444 e. The van der Waals surface area contributed by atoms with Gasteiger partial charge in [0.25, 0.3) is 5.91 Å². The first-order valence-electron chi connectivity index (χ1n) is 13.0. The molecule has 200 valence electrons. The van der Waals surface area contributed by atoms with Crippen molar-refractivity contribution >= 4 is 17.8 Å². The van der Waals surface area contributed by atoms with Crippen LogP contribution in [0.5, 0.6) is 0 Å². The molecule has 38 heavy (non-hydrogen) atoms. The lowest BCUT2D eigenvalue weighted by Crippen LogP contribution is -2.51. The number of ketones is 1. The summed E-state index contributed by atoms with van der Waals surface area (Å²) in [5, 5.41) is 12.4. The smallest absolute Gasteiger partial charge is 0.411 e. The quantitative estimate of drug-likeness (QED) is 0.536. The Bertz CT molecular complexity index is 1260. The minimum absolute atomic E-state index is 0.0141. The summed E-state index contributed by atoms with van der Waals surface area (Å²) < 4.78 is 20.6. The van der Waals surface area contributed by atoms with Crippen molar-refractivity contribution in [2.45, 2.75) is 70.6 Å². The molecule has 2 amide bonds. The van der Waals surface area contributed by atoms with Gasteiger partial charge in [-0.25, -0.2) is 9.18 Å². The molecule has 0 spiro atoms. The van der Waals surface area contributed by atoms with Crippen LogP contribution in [0.4, 0.5) is 9.18 Å². The Balaban J connectivity index is 1.44. The van der Waals surface area contributed by atoms with Gasteiger partial charge in [0.05, 0.1) is 18.0 Å². The van der Waals surface area contributed by atoms with E-state index in [1.165, 1.54) is 6.07 Å². The fourth-order valence-corrected chi connectivity index (χ4v) is 5.62. The van der Waals surface area contributed by atoms with Gasteiger partial charge in [0, 0.05) is 25.1 Å². The number of halogens is 1. The number of hydrogen-bond acceptors (Lipinski definition) is 5. The number of carbonyl (C=O) groups is 3. The summed E-state index contributed by atoms with van der Waals surface area (Å²) >= 11 is 0. The zero-order valence-corrected chi connectivity index (χ0v) is 22.3. The average molecular weight is 520 g/mol. The van der Waals surface area contributed by atoms with E-state index in [9.17, 15) is 19.6 Å². The lowest BCUT2D eigenvalue weighted by atomic mass is 9.87. The summed E-state index contributed by atoms with van der Waals surface area (Å²) in [5.74, 6) is -1.46. The van der Waals surface area contributed by atoms with E-state index in [-0.39, 0.29) is 36.5 Å². The first-order chi connectivity index (χ1) is 18.0. The number of piperidine rings is 1. The maximum absolute atomic E-state index is 15.1. The van der Waals surface area contributed by atoms with Crippen LogP contribution in [0.2, 0.25) is 0 Å². The lowest BCUT2D eigenvalue weighted by Gasteiger charge is -2.35. The average Bonchev–Trinajstić information content (AvgIpc) is 3.50. The Morgan fingerprint density at radius 3 is 2.42 bits per heavy atom. The third-order valence-electron chi connectivity index (χ3n) is 7.38. The first-order valence-corrected chi connectivity index (χ1v) is 13.0. The fourth-order valence-electron chi connectivity index (χ4n) is 5.62. The van der Waals surface area contributed by atoms with Gasteiger partial charge in [-0.1, -0.05) is 24.3 Å². The van der Waals surface area contributed by atoms with Gasteiger partial charge in [-0.05, 0) is 87.3 Å². The molecule has 1 aliphatic heterocycles. The second kappa shape index (κ2) is 10.9. The standard InChI is InChI=1S/C30H34FN3O4/c1-30(2,3)38-29(37)34-24-12-11-23(15-24)27(34)26(35)14-18(17-32)13-22-10-9-21(16-25(22)31)19-5-7-20(8-6-19)28(36)33-4/h5-10,16,18,23-24,27H,11-15H2,1-4H3,(H,33,36)/t18-,23+,24-,27+/m1/s1. The number of ether oxygens (including phenoxy) is 1. The van der Waals surface area contributed by atoms with Gasteiger partial charge in [-0.2, -0.15) is 5.26 Å². The number of amides is 2. The number of carbonyl (C=O) groups excluding carboxylic acids is 3. The molecule has 8 heteroatoms. The molecule has 1 aliphatic carbocycles. The molecule has 1 heterocycles. The highest BCUT2D eigenvalue weighted by molar-refractivity contribution is 5.94. The van der Waals surface area contributed by atoms with Crippen molar-refractivity contribution in [1.82, 2.24) is 10.2 Å². The molecular formula is C30H34FN3O4. The van der Waals surface area contributed by atoms with E-state index in [0.29, 0.717) is 16.7 Å². The molecule has 1 N–H and O–H groups in total. The summed E-state index contributed by atoms with van der Waals surface area (Å²) in [6, 6.07) is 13.2. The molecule has 2 aromatic rings. The van der Waals surface area contributed by atoms with Crippen LogP contribution in [0, 0.1) is 29.0 Å². The SMILES string of the molecule is CNC(=O)c1ccc(-c2ccc(C[C@@H](C#N)CC(=O)[C@@H]3[C@H]4CC[C@H](C4)N3C(=O)OC(C)(C)C)c(F)c2)cc1. The topological polar surface area (TPSA) is 99.5 Å². The zero-order chi connectivity index (χ0) is 27.6. The number of benzene rings is 2. The molecule has 2 bridgehead atoms. The number of Topliss-reactive ketones (excluding diaryl/α,β-unsaturated/α-hetero) is 1. The Labute approximate surface area is 223 Å². The van der Waals surface area contributed by atoms with Gasteiger partial charge in [0.15, 0.2) is 5.78 Å². The minimum atomic E-state index is -0.714. The summed E-state index contributed by atoms with van der Waals surface area (Å²) in [5.41, 5.74) is 1.60. The van der Waals surface area contributed by atoms with Gasteiger partial charge in [-0.15, -0.1) is 0 Å². The van der Waals surface area contributed by atoms with Gasteiger partial charge in [-0.3, -0.25) is 14.5 Å². The van der Waals surface area contributed by atoms with Crippen molar-refractivity contribution in [3.8, 4) is 17.2 Å². The number of fused-ring (bicyclic) bond motifs is 2. The molecular weight excluding hydrogens is 485 g/mol.